The first-order valence-electron chi connectivity index (χ1n) is 6.47. The molecular weight excluding hydrogens is 306 g/mol. The Balaban J connectivity index is 2.10. The Morgan fingerprint density at radius 2 is 2.05 bits per heavy atom. The van der Waals surface area contributed by atoms with Crippen molar-refractivity contribution in [3.8, 4) is 11.6 Å². The number of hydrogen-bond donors (Lipinski definition) is 1. The lowest BCUT2D eigenvalue weighted by Gasteiger charge is -2.13. The molecule has 0 saturated heterocycles. The van der Waals surface area contributed by atoms with Crippen molar-refractivity contribution in [2.75, 3.05) is 5.73 Å². The highest BCUT2D eigenvalue weighted by molar-refractivity contribution is 9.10. The van der Waals surface area contributed by atoms with Gasteiger partial charge in [0.25, 0.3) is 0 Å². The van der Waals surface area contributed by atoms with Crippen LogP contribution in [0.2, 0.25) is 0 Å². The molecule has 1 aliphatic rings. The number of nitrogen functional groups attached to an aromatic ring is 1. The van der Waals surface area contributed by atoms with Crippen LogP contribution < -0.4 is 5.73 Å². The first-order chi connectivity index (χ1) is 9.16. The molecule has 0 radical (unpaired) electrons. The van der Waals surface area contributed by atoms with Crippen molar-refractivity contribution in [2.24, 2.45) is 7.05 Å². The van der Waals surface area contributed by atoms with E-state index < -0.39 is 0 Å². The average molecular weight is 322 g/mol. The van der Waals surface area contributed by atoms with E-state index in [0.29, 0.717) is 17.6 Å². The smallest absolute Gasteiger partial charge is 0.198 e. The van der Waals surface area contributed by atoms with Crippen molar-refractivity contribution in [3.63, 3.8) is 0 Å². The fourth-order valence-corrected chi connectivity index (χ4v) is 3.13. The Bertz CT molecular complexity index is 601. The van der Waals surface area contributed by atoms with Crippen molar-refractivity contribution >= 4 is 21.7 Å². The molecule has 0 bridgehead atoms. The number of halogens is 1. The van der Waals surface area contributed by atoms with Crippen LogP contribution in [0.5, 0.6) is 0 Å². The quantitative estimate of drug-likeness (QED) is 0.923. The van der Waals surface area contributed by atoms with Gasteiger partial charge in [0.2, 0.25) is 0 Å². The summed E-state index contributed by atoms with van der Waals surface area (Å²) in [6.07, 6.45) is 8.50. The lowest BCUT2D eigenvalue weighted by Crippen LogP contribution is -2.07. The second-order valence-electron chi connectivity index (χ2n) is 4.97. The molecule has 0 spiro atoms. The van der Waals surface area contributed by atoms with Gasteiger partial charge in [-0.15, -0.1) is 0 Å². The van der Waals surface area contributed by atoms with Gasteiger partial charge in [0.15, 0.2) is 11.6 Å². The number of imidazole rings is 1. The molecule has 0 atom stereocenters. The monoisotopic (exact) mass is 321 g/mol. The highest BCUT2D eigenvalue weighted by Gasteiger charge is 2.24. The Labute approximate surface area is 120 Å². The highest BCUT2D eigenvalue weighted by atomic mass is 79.9. The second kappa shape index (κ2) is 4.92. The average Bonchev–Trinajstić information content (AvgIpc) is 3.03. The zero-order chi connectivity index (χ0) is 13.4. The maximum absolute atomic E-state index is 6.01. The van der Waals surface area contributed by atoms with E-state index in [2.05, 4.69) is 25.9 Å². The Hall–Kier alpha value is -1.43. The number of nitrogens with zero attached hydrogens (tertiary/aromatic N) is 4. The third-order valence-electron chi connectivity index (χ3n) is 3.67. The van der Waals surface area contributed by atoms with Gasteiger partial charge in [0.05, 0.1) is 10.2 Å². The molecule has 0 amide bonds. The van der Waals surface area contributed by atoms with E-state index in [1.165, 1.54) is 25.7 Å². The van der Waals surface area contributed by atoms with Crippen LogP contribution in [0.15, 0.2) is 16.9 Å². The maximum atomic E-state index is 6.01. The Morgan fingerprint density at radius 3 is 2.68 bits per heavy atom. The largest absolute Gasteiger partial charge is 0.383 e. The van der Waals surface area contributed by atoms with Crippen molar-refractivity contribution in [1.29, 1.82) is 0 Å². The fourth-order valence-electron chi connectivity index (χ4n) is 2.63. The van der Waals surface area contributed by atoms with Crippen molar-refractivity contribution in [2.45, 2.75) is 31.6 Å². The van der Waals surface area contributed by atoms with Crippen LogP contribution in [0.1, 0.15) is 37.3 Å². The van der Waals surface area contributed by atoms with Crippen LogP contribution >= 0.6 is 15.9 Å². The summed E-state index contributed by atoms with van der Waals surface area (Å²) in [5.41, 5.74) is 7.04. The molecular formula is C13H16BrN5. The summed E-state index contributed by atoms with van der Waals surface area (Å²) in [7, 11) is 1.93. The summed E-state index contributed by atoms with van der Waals surface area (Å²) in [6.45, 7) is 0. The molecule has 0 unspecified atom stereocenters. The third-order valence-corrected chi connectivity index (χ3v) is 4.48. The van der Waals surface area contributed by atoms with Crippen molar-refractivity contribution in [1.82, 2.24) is 19.5 Å². The molecule has 2 aromatic heterocycles. The minimum Gasteiger partial charge on any atom is -0.383 e. The number of anilines is 1. The van der Waals surface area contributed by atoms with Crippen LogP contribution in [-0.2, 0) is 7.05 Å². The number of aromatic nitrogens is 4. The zero-order valence-corrected chi connectivity index (χ0v) is 12.4. The van der Waals surface area contributed by atoms with Gasteiger partial charge in [-0.1, -0.05) is 12.8 Å². The van der Waals surface area contributed by atoms with Gasteiger partial charge in [0.1, 0.15) is 5.82 Å². The first-order valence-corrected chi connectivity index (χ1v) is 7.26. The zero-order valence-electron chi connectivity index (χ0n) is 10.8. The van der Waals surface area contributed by atoms with Crippen LogP contribution in [0.3, 0.4) is 0 Å². The lowest BCUT2D eigenvalue weighted by molar-refractivity contribution is 0.690. The molecule has 0 aromatic carbocycles. The molecule has 2 heterocycles. The molecule has 2 aromatic rings. The van der Waals surface area contributed by atoms with Crippen molar-refractivity contribution < 1.29 is 0 Å². The van der Waals surface area contributed by atoms with Crippen LogP contribution in [-0.4, -0.2) is 19.5 Å². The predicted molar refractivity (Wildman–Crippen MR) is 77.6 cm³/mol. The molecule has 6 heteroatoms. The minimum absolute atomic E-state index is 0.485. The van der Waals surface area contributed by atoms with Gasteiger partial charge in [-0.25, -0.2) is 15.0 Å². The molecule has 5 nitrogen and oxygen atoms in total. The molecule has 3 rings (SSSR count). The minimum atomic E-state index is 0.485. The molecule has 1 aliphatic carbocycles. The SMILES string of the molecule is Cn1ccnc1-c1nc(N)c(Br)c(C2CCCC2)n1. The maximum Gasteiger partial charge on any atom is 0.198 e. The highest BCUT2D eigenvalue weighted by Crippen LogP contribution is 2.38. The number of hydrogen-bond acceptors (Lipinski definition) is 4. The van der Waals surface area contributed by atoms with E-state index in [1.54, 1.807) is 6.20 Å². The second-order valence-corrected chi connectivity index (χ2v) is 5.77. The Kier molecular flexibility index (Phi) is 3.26. The summed E-state index contributed by atoms with van der Waals surface area (Å²) in [5.74, 6) is 2.34. The van der Waals surface area contributed by atoms with E-state index in [0.717, 1.165) is 16.0 Å². The van der Waals surface area contributed by atoms with E-state index in [1.807, 2.05) is 17.8 Å². The molecule has 19 heavy (non-hydrogen) atoms. The van der Waals surface area contributed by atoms with Gasteiger partial charge >= 0.3 is 0 Å². The molecule has 1 fully saturated rings. The topological polar surface area (TPSA) is 69.6 Å². The lowest BCUT2D eigenvalue weighted by atomic mass is 10.0. The molecule has 0 aliphatic heterocycles. The van der Waals surface area contributed by atoms with Gasteiger partial charge in [0, 0.05) is 25.4 Å². The summed E-state index contributed by atoms with van der Waals surface area (Å²) < 4.78 is 2.75. The summed E-state index contributed by atoms with van der Waals surface area (Å²) >= 11 is 3.53. The van der Waals surface area contributed by atoms with E-state index in [9.17, 15) is 0 Å². The first kappa shape index (κ1) is 12.6. The van der Waals surface area contributed by atoms with Crippen LogP contribution in [0.25, 0.3) is 11.6 Å². The summed E-state index contributed by atoms with van der Waals surface area (Å²) in [4.78, 5) is 13.3. The van der Waals surface area contributed by atoms with E-state index in [-0.39, 0.29) is 0 Å². The number of nitrogens with two attached hydrogens (primary N) is 1. The van der Waals surface area contributed by atoms with Crippen molar-refractivity contribution in [3.05, 3.63) is 22.6 Å². The van der Waals surface area contributed by atoms with E-state index >= 15 is 0 Å². The predicted octanol–water partition coefficient (Wildman–Crippen LogP) is 2.88. The number of aryl methyl sites for hydroxylation is 1. The van der Waals surface area contributed by atoms with Crippen LogP contribution in [0, 0.1) is 0 Å². The Morgan fingerprint density at radius 1 is 1.32 bits per heavy atom. The van der Waals surface area contributed by atoms with Gasteiger partial charge < -0.3 is 10.3 Å². The van der Waals surface area contributed by atoms with Gasteiger partial charge in [-0.2, -0.15) is 0 Å². The standard InChI is InChI=1S/C13H16BrN5/c1-19-7-6-16-13(19)12-17-10(8-4-2-3-5-8)9(14)11(15)18-12/h6-8H,2-5H2,1H3,(H2,15,17,18). The normalized spacial score (nSPS) is 16.1. The van der Waals surface area contributed by atoms with Crippen LogP contribution in [0.4, 0.5) is 5.82 Å². The third kappa shape index (κ3) is 2.25. The molecule has 100 valence electrons. The van der Waals surface area contributed by atoms with Gasteiger partial charge in [-0.3, -0.25) is 0 Å². The van der Waals surface area contributed by atoms with Gasteiger partial charge in [-0.05, 0) is 28.8 Å². The summed E-state index contributed by atoms with van der Waals surface area (Å²) in [6, 6.07) is 0. The number of rotatable bonds is 2. The van der Waals surface area contributed by atoms with E-state index in [4.69, 9.17) is 10.7 Å². The molecule has 1 saturated carbocycles. The molecule has 2 N–H and O–H groups in total. The summed E-state index contributed by atoms with van der Waals surface area (Å²) in [5, 5.41) is 0. The fraction of sp³-hybridized carbons (Fsp3) is 0.462.